The molecule has 4 rings (SSSR count). The molecule has 206 valence electrons. The van der Waals surface area contributed by atoms with E-state index in [1.54, 1.807) is 25.5 Å². The van der Waals surface area contributed by atoms with E-state index in [9.17, 15) is 0 Å². The van der Waals surface area contributed by atoms with Crippen LogP contribution in [0.5, 0.6) is 5.75 Å². The molecule has 39 heavy (non-hydrogen) atoms. The van der Waals surface area contributed by atoms with Gasteiger partial charge in [-0.1, -0.05) is 30.9 Å². The second-order valence-electron chi connectivity index (χ2n) is 10.5. The number of allylic oxidation sites excluding steroid dienone is 1. The standard InChI is InChI=1S/C31H40N6OS/c1-20(2)14-24-16-28(25-15-21(3)39-18-25)37(26-10-8-7-9-11-26)31(24)35-22(4)34-27-13-12-23(17-29(27)38-6)30(33)36(5)19-32/h12-19,26,32-33H,7-11H2,1-6H3,(H,34,35). The van der Waals surface area contributed by atoms with Gasteiger partial charge in [0.15, 0.2) is 0 Å². The molecule has 1 aliphatic carbocycles. The van der Waals surface area contributed by atoms with E-state index in [0.29, 0.717) is 17.4 Å². The van der Waals surface area contributed by atoms with Gasteiger partial charge in [-0.2, -0.15) is 0 Å². The van der Waals surface area contributed by atoms with Crippen LogP contribution < -0.4 is 10.1 Å². The molecule has 0 bridgehead atoms. The van der Waals surface area contributed by atoms with Crippen LogP contribution in [0.2, 0.25) is 0 Å². The van der Waals surface area contributed by atoms with E-state index in [0.717, 1.165) is 29.2 Å². The third-order valence-corrected chi connectivity index (χ3v) is 7.92. The number of aliphatic imine (C=N–C) groups is 1. The van der Waals surface area contributed by atoms with Gasteiger partial charge in [0.05, 0.1) is 24.8 Å². The summed E-state index contributed by atoms with van der Waals surface area (Å²) < 4.78 is 8.14. The molecule has 0 atom stereocenters. The van der Waals surface area contributed by atoms with Crippen molar-refractivity contribution in [1.29, 1.82) is 10.8 Å². The van der Waals surface area contributed by atoms with E-state index in [1.807, 2.05) is 25.1 Å². The smallest absolute Gasteiger partial charge is 0.143 e. The average molecular weight is 545 g/mol. The molecule has 1 aromatic carbocycles. The SMILES string of the molecule is COc1cc(C(=N)N(C)C=N)ccc1N/C(C)=N/c1c(C=C(C)C)cc(-c2csc(C)c2)n1C1CCCCC1. The van der Waals surface area contributed by atoms with E-state index >= 15 is 0 Å². The van der Waals surface area contributed by atoms with Gasteiger partial charge >= 0.3 is 0 Å². The van der Waals surface area contributed by atoms with E-state index in [4.69, 9.17) is 20.5 Å². The van der Waals surface area contributed by atoms with Gasteiger partial charge in [-0.25, -0.2) is 4.99 Å². The maximum atomic E-state index is 8.31. The first kappa shape index (κ1) is 28.4. The molecule has 0 amide bonds. The van der Waals surface area contributed by atoms with Crippen LogP contribution >= 0.6 is 11.3 Å². The molecule has 1 fully saturated rings. The topological polar surface area (TPSA) is 89.5 Å². The molecular formula is C31H40N6OS. The number of hydrogen-bond acceptors (Lipinski definition) is 5. The van der Waals surface area contributed by atoms with Crippen LogP contribution in [0.1, 0.15) is 74.9 Å². The molecule has 3 aromatic rings. The lowest BCUT2D eigenvalue weighted by atomic mass is 9.95. The molecule has 0 radical (unpaired) electrons. The summed E-state index contributed by atoms with van der Waals surface area (Å²) in [6, 6.07) is 10.6. The van der Waals surface area contributed by atoms with Crippen molar-refractivity contribution in [1.82, 2.24) is 9.47 Å². The lowest BCUT2D eigenvalue weighted by Crippen LogP contribution is -2.24. The number of nitrogens with one attached hydrogen (secondary N) is 3. The molecule has 1 aliphatic rings. The number of ether oxygens (including phenoxy) is 1. The van der Waals surface area contributed by atoms with Crippen LogP contribution in [0.3, 0.4) is 0 Å². The number of aromatic nitrogens is 1. The van der Waals surface area contributed by atoms with Crippen LogP contribution in [0, 0.1) is 17.7 Å². The third-order valence-electron chi connectivity index (χ3n) is 7.06. The summed E-state index contributed by atoms with van der Waals surface area (Å²) in [4.78, 5) is 7.96. The normalized spacial score (nSPS) is 14.2. The number of anilines is 1. The highest BCUT2D eigenvalue weighted by Gasteiger charge is 2.24. The van der Waals surface area contributed by atoms with Gasteiger partial charge < -0.3 is 19.5 Å². The molecule has 0 saturated heterocycles. The minimum atomic E-state index is 0.230. The number of amidine groups is 2. The second-order valence-corrected chi connectivity index (χ2v) is 11.6. The Morgan fingerprint density at radius 1 is 1.15 bits per heavy atom. The van der Waals surface area contributed by atoms with E-state index < -0.39 is 0 Å². The van der Waals surface area contributed by atoms with Crippen molar-refractivity contribution in [3.05, 3.63) is 57.3 Å². The minimum absolute atomic E-state index is 0.230. The Morgan fingerprint density at radius 3 is 2.51 bits per heavy atom. The Bertz CT molecular complexity index is 1400. The molecule has 2 heterocycles. The Balaban J connectivity index is 1.78. The fourth-order valence-corrected chi connectivity index (χ4v) is 5.87. The Labute approximate surface area is 236 Å². The number of thiophene rings is 1. The summed E-state index contributed by atoms with van der Waals surface area (Å²) in [7, 11) is 3.30. The summed E-state index contributed by atoms with van der Waals surface area (Å²) in [5, 5.41) is 21.4. The first-order chi connectivity index (χ1) is 18.7. The predicted octanol–water partition coefficient (Wildman–Crippen LogP) is 8.49. The van der Waals surface area contributed by atoms with Crippen LogP contribution in [0.4, 0.5) is 11.5 Å². The van der Waals surface area contributed by atoms with Crippen molar-refractivity contribution in [3.8, 4) is 17.0 Å². The molecule has 0 unspecified atom stereocenters. The number of methoxy groups -OCH3 is 1. The monoisotopic (exact) mass is 544 g/mol. The molecule has 0 aliphatic heterocycles. The first-order valence-corrected chi connectivity index (χ1v) is 14.4. The molecule has 7 nitrogen and oxygen atoms in total. The summed E-state index contributed by atoms with van der Waals surface area (Å²) in [6.45, 7) is 8.41. The van der Waals surface area contributed by atoms with Crippen LogP contribution in [0.15, 0.2) is 46.3 Å². The zero-order valence-electron chi connectivity index (χ0n) is 23.9. The highest BCUT2D eigenvalue weighted by Crippen LogP contribution is 2.42. The van der Waals surface area contributed by atoms with Crippen LogP contribution in [0.25, 0.3) is 17.3 Å². The second kappa shape index (κ2) is 12.5. The number of hydrogen-bond donors (Lipinski definition) is 3. The molecule has 1 saturated carbocycles. The quantitative estimate of drug-likeness (QED) is 0.196. The van der Waals surface area contributed by atoms with Crippen molar-refractivity contribution in [2.24, 2.45) is 4.99 Å². The van der Waals surface area contributed by atoms with Crippen molar-refractivity contribution in [3.63, 3.8) is 0 Å². The lowest BCUT2D eigenvalue weighted by Gasteiger charge is -2.27. The maximum Gasteiger partial charge on any atom is 0.143 e. The van der Waals surface area contributed by atoms with Crippen molar-refractivity contribution in [2.75, 3.05) is 19.5 Å². The Morgan fingerprint density at radius 2 is 1.90 bits per heavy atom. The number of aryl methyl sites for hydroxylation is 1. The molecule has 3 N–H and O–H groups in total. The molecular weight excluding hydrogens is 504 g/mol. The summed E-state index contributed by atoms with van der Waals surface area (Å²) in [6.07, 6.45) is 9.47. The summed E-state index contributed by atoms with van der Waals surface area (Å²) in [5.74, 6) is 2.59. The fourth-order valence-electron chi connectivity index (χ4n) is 5.17. The molecule has 0 spiro atoms. The van der Waals surface area contributed by atoms with E-state index in [1.165, 1.54) is 58.7 Å². The Hall–Kier alpha value is -3.65. The third kappa shape index (κ3) is 6.50. The van der Waals surface area contributed by atoms with Crippen molar-refractivity contribution < 1.29 is 4.74 Å². The highest BCUT2D eigenvalue weighted by atomic mass is 32.1. The fraction of sp³-hybridized carbons (Fsp3) is 0.387. The van der Waals surface area contributed by atoms with Gasteiger partial charge in [0.1, 0.15) is 23.2 Å². The molecule has 8 heteroatoms. The summed E-state index contributed by atoms with van der Waals surface area (Å²) in [5.41, 5.74) is 6.31. The summed E-state index contributed by atoms with van der Waals surface area (Å²) >= 11 is 1.79. The van der Waals surface area contributed by atoms with Crippen LogP contribution in [-0.2, 0) is 0 Å². The van der Waals surface area contributed by atoms with Gasteiger partial charge in [-0.15, -0.1) is 11.3 Å². The van der Waals surface area contributed by atoms with Crippen molar-refractivity contribution >= 4 is 46.9 Å². The minimum Gasteiger partial charge on any atom is -0.495 e. The zero-order chi connectivity index (χ0) is 28.1. The van der Waals surface area contributed by atoms with E-state index in [-0.39, 0.29) is 5.84 Å². The highest BCUT2D eigenvalue weighted by molar-refractivity contribution is 7.10. The largest absolute Gasteiger partial charge is 0.495 e. The number of rotatable bonds is 8. The maximum absolute atomic E-state index is 8.31. The van der Waals surface area contributed by atoms with Crippen molar-refractivity contribution in [2.45, 2.75) is 65.8 Å². The Kier molecular flexibility index (Phi) is 9.07. The molecule has 2 aromatic heterocycles. The number of benzene rings is 1. The van der Waals surface area contributed by atoms with Gasteiger partial charge in [0.25, 0.3) is 0 Å². The predicted molar refractivity (Wildman–Crippen MR) is 167 cm³/mol. The van der Waals surface area contributed by atoms with Gasteiger partial charge in [0, 0.05) is 40.0 Å². The zero-order valence-corrected chi connectivity index (χ0v) is 24.7. The average Bonchev–Trinajstić information content (AvgIpc) is 3.51. The van der Waals surface area contributed by atoms with Gasteiger partial charge in [0.2, 0.25) is 0 Å². The van der Waals surface area contributed by atoms with E-state index in [2.05, 4.69) is 54.2 Å². The van der Waals surface area contributed by atoms with Gasteiger partial charge in [-0.05, 0) is 70.9 Å². The number of nitrogens with zero attached hydrogens (tertiary/aromatic N) is 3. The first-order valence-electron chi connectivity index (χ1n) is 13.5. The van der Waals surface area contributed by atoms with Gasteiger partial charge in [-0.3, -0.25) is 10.8 Å². The van der Waals surface area contributed by atoms with Crippen LogP contribution in [-0.4, -0.2) is 41.6 Å². The lowest BCUT2D eigenvalue weighted by molar-refractivity contribution is 0.358.